The summed E-state index contributed by atoms with van der Waals surface area (Å²) < 4.78 is 7.50. The highest BCUT2D eigenvalue weighted by Crippen LogP contribution is 2.23. The van der Waals surface area contributed by atoms with Gasteiger partial charge in [0.25, 0.3) is 0 Å². The predicted octanol–water partition coefficient (Wildman–Crippen LogP) is 4.17. The summed E-state index contributed by atoms with van der Waals surface area (Å²) in [6.45, 7) is 12.0. The van der Waals surface area contributed by atoms with Gasteiger partial charge in [0, 0.05) is 11.8 Å². The molecule has 22 heavy (non-hydrogen) atoms. The molecule has 126 valence electrons. The Hall–Kier alpha value is -1.17. The number of ether oxygens (including phenoxy) is 1. The number of rotatable bonds is 7. The zero-order chi connectivity index (χ0) is 16.8. The van der Waals surface area contributed by atoms with Gasteiger partial charge in [-0.1, -0.05) is 13.8 Å². The van der Waals surface area contributed by atoms with Crippen LogP contribution in [0, 0.1) is 0 Å². The summed E-state index contributed by atoms with van der Waals surface area (Å²) in [5, 5.41) is 2.95. The quantitative estimate of drug-likeness (QED) is 0.816. The number of amides is 1. The van der Waals surface area contributed by atoms with Crippen LogP contribution >= 0.6 is 11.8 Å². The molecule has 5 nitrogen and oxygen atoms in total. The van der Waals surface area contributed by atoms with E-state index in [1.54, 1.807) is 0 Å². The molecule has 0 bridgehead atoms. The van der Waals surface area contributed by atoms with Crippen LogP contribution in [0.5, 0.6) is 0 Å². The van der Waals surface area contributed by atoms with Crippen molar-refractivity contribution in [2.45, 2.75) is 65.6 Å². The molecule has 6 heteroatoms. The fraction of sp³-hybridized carbons (Fsp3) is 0.750. The Bertz CT molecular complexity index is 468. The number of aromatic nitrogens is 2. The van der Waals surface area contributed by atoms with E-state index in [-0.39, 0.29) is 12.1 Å². The van der Waals surface area contributed by atoms with Crippen LogP contribution in [-0.2, 0) is 4.74 Å². The Morgan fingerprint density at radius 3 is 2.68 bits per heavy atom. The zero-order valence-corrected chi connectivity index (χ0v) is 15.4. The number of alkyl carbamates (subject to hydrolysis) is 1. The summed E-state index contributed by atoms with van der Waals surface area (Å²) in [5.74, 6) is 2.13. The van der Waals surface area contributed by atoms with E-state index in [0.717, 1.165) is 23.6 Å². The molecule has 0 fully saturated rings. The average Bonchev–Trinajstić information content (AvgIpc) is 2.89. The Balaban J connectivity index is 2.79. The van der Waals surface area contributed by atoms with Gasteiger partial charge in [-0.25, -0.2) is 9.78 Å². The molecule has 1 aromatic rings. The molecule has 1 aromatic heterocycles. The third-order valence-corrected chi connectivity index (χ3v) is 4.32. The first-order valence-corrected chi connectivity index (χ1v) is 9.02. The molecule has 0 aliphatic heterocycles. The van der Waals surface area contributed by atoms with Gasteiger partial charge >= 0.3 is 6.09 Å². The molecule has 0 radical (unpaired) electrons. The molecule has 1 unspecified atom stereocenters. The van der Waals surface area contributed by atoms with Gasteiger partial charge in [0.05, 0.1) is 24.3 Å². The maximum absolute atomic E-state index is 12.0. The number of carbonyl (C=O) groups excluding carboxylic acids is 1. The Kier molecular flexibility index (Phi) is 7.26. The van der Waals surface area contributed by atoms with Crippen molar-refractivity contribution in [2.75, 3.05) is 11.5 Å². The number of imidazole rings is 1. The van der Waals surface area contributed by atoms with Crippen molar-refractivity contribution in [3.63, 3.8) is 0 Å². The molecule has 0 aliphatic carbocycles. The van der Waals surface area contributed by atoms with Gasteiger partial charge in [0.15, 0.2) is 0 Å². The highest BCUT2D eigenvalue weighted by atomic mass is 32.2. The summed E-state index contributed by atoms with van der Waals surface area (Å²) in [7, 11) is 0. The number of nitrogens with zero attached hydrogens (tertiary/aromatic N) is 2. The first-order valence-electron chi connectivity index (χ1n) is 7.87. The van der Waals surface area contributed by atoms with Crippen LogP contribution in [0.4, 0.5) is 4.79 Å². The van der Waals surface area contributed by atoms with E-state index in [0.29, 0.717) is 6.04 Å². The smallest absolute Gasteiger partial charge is 0.408 e. The monoisotopic (exact) mass is 327 g/mol. The van der Waals surface area contributed by atoms with E-state index in [4.69, 9.17) is 4.74 Å². The summed E-state index contributed by atoms with van der Waals surface area (Å²) in [6, 6.07) is 0.253. The van der Waals surface area contributed by atoms with Gasteiger partial charge in [-0.15, -0.1) is 0 Å². The molecule has 2 atom stereocenters. The van der Waals surface area contributed by atoms with Crippen LogP contribution in [0.25, 0.3) is 0 Å². The zero-order valence-electron chi connectivity index (χ0n) is 14.5. The van der Waals surface area contributed by atoms with E-state index in [2.05, 4.69) is 28.7 Å². The van der Waals surface area contributed by atoms with Crippen molar-refractivity contribution in [3.05, 3.63) is 18.2 Å². The molecular weight excluding hydrogens is 298 g/mol. The van der Waals surface area contributed by atoms with Crippen molar-refractivity contribution >= 4 is 17.9 Å². The first-order chi connectivity index (χ1) is 10.3. The predicted molar refractivity (Wildman–Crippen MR) is 92.3 cm³/mol. The molecule has 1 rings (SSSR count). The van der Waals surface area contributed by atoms with Crippen LogP contribution in [0.15, 0.2) is 12.5 Å². The van der Waals surface area contributed by atoms with E-state index >= 15 is 0 Å². The molecule has 1 heterocycles. The third-order valence-electron chi connectivity index (χ3n) is 3.19. The normalized spacial score (nSPS) is 14.5. The highest BCUT2D eigenvalue weighted by Gasteiger charge is 2.22. The van der Waals surface area contributed by atoms with E-state index in [9.17, 15) is 4.79 Å². The fourth-order valence-electron chi connectivity index (χ4n) is 2.16. The lowest BCUT2D eigenvalue weighted by atomic mass is 10.1. The highest BCUT2D eigenvalue weighted by molar-refractivity contribution is 7.99. The van der Waals surface area contributed by atoms with Crippen LogP contribution in [0.3, 0.4) is 0 Å². The van der Waals surface area contributed by atoms with E-state index in [1.165, 1.54) is 0 Å². The van der Waals surface area contributed by atoms with Crippen LogP contribution in [0.1, 0.15) is 65.7 Å². The van der Waals surface area contributed by atoms with Crippen molar-refractivity contribution in [1.82, 2.24) is 14.9 Å². The number of hydrogen-bond acceptors (Lipinski definition) is 4. The van der Waals surface area contributed by atoms with Crippen molar-refractivity contribution < 1.29 is 9.53 Å². The van der Waals surface area contributed by atoms with Crippen molar-refractivity contribution in [3.8, 4) is 0 Å². The van der Waals surface area contributed by atoms with Gasteiger partial charge in [-0.05, 0) is 39.9 Å². The van der Waals surface area contributed by atoms with Gasteiger partial charge in [0.2, 0.25) is 0 Å². The minimum absolute atomic E-state index is 0.0913. The van der Waals surface area contributed by atoms with E-state index in [1.807, 2.05) is 52.0 Å². The molecule has 1 amide bonds. The maximum Gasteiger partial charge on any atom is 0.408 e. The van der Waals surface area contributed by atoms with Crippen molar-refractivity contribution in [2.24, 2.45) is 0 Å². The van der Waals surface area contributed by atoms with Gasteiger partial charge in [0.1, 0.15) is 5.60 Å². The van der Waals surface area contributed by atoms with E-state index < -0.39 is 5.60 Å². The number of hydrogen-bond donors (Lipinski definition) is 1. The summed E-state index contributed by atoms with van der Waals surface area (Å²) in [6.07, 6.45) is 4.08. The maximum atomic E-state index is 12.0. The van der Waals surface area contributed by atoms with Gasteiger partial charge in [-0.3, -0.25) is 0 Å². The van der Waals surface area contributed by atoms with Crippen LogP contribution in [-0.4, -0.2) is 32.8 Å². The second-order valence-corrected chi connectivity index (χ2v) is 7.66. The number of thioether (sulfide) groups is 1. The summed E-state index contributed by atoms with van der Waals surface area (Å²) in [4.78, 5) is 16.3. The van der Waals surface area contributed by atoms with Crippen molar-refractivity contribution in [1.29, 1.82) is 0 Å². The largest absolute Gasteiger partial charge is 0.444 e. The molecule has 1 N–H and O–H groups in total. The Morgan fingerprint density at radius 1 is 1.45 bits per heavy atom. The van der Waals surface area contributed by atoms with Gasteiger partial charge in [-0.2, -0.15) is 11.8 Å². The third kappa shape index (κ3) is 5.91. The van der Waals surface area contributed by atoms with Gasteiger partial charge < -0.3 is 14.6 Å². The lowest BCUT2D eigenvalue weighted by Gasteiger charge is -2.25. The molecule has 0 spiro atoms. The summed E-state index contributed by atoms with van der Waals surface area (Å²) >= 11 is 1.90. The first kappa shape index (κ1) is 18.9. The Labute approximate surface area is 138 Å². The lowest BCUT2D eigenvalue weighted by molar-refractivity contribution is 0.0500. The SMILES string of the molecule is CCSCC(C)n1cncc1[C@@H](CC)NC(=O)OC(C)(C)C. The molecule has 0 saturated carbocycles. The number of carbonyl (C=O) groups is 1. The summed E-state index contributed by atoms with van der Waals surface area (Å²) in [5.41, 5.74) is 0.533. The fourth-order valence-corrected chi connectivity index (χ4v) is 2.89. The average molecular weight is 327 g/mol. The molecule has 0 aliphatic rings. The number of nitrogens with one attached hydrogen (secondary N) is 1. The van der Waals surface area contributed by atoms with Crippen LogP contribution in [0.2, 0.25) is 0 Å². The molecular formula is C16H29N3O2S. The molecule has 0 aromatic carbocycles. The topological polar surface area (TPSA) is 56.2 Å². The standard InChI is InChI=1S/C16H29N3O2S/c1-7-13(18-15(20)21-16(4,5)6)14-9-17-11-19(14)12(3)10-22-8-2/h9,11-13H,7-8,10H2,1-6H3,(H,18,20)/t12?,13-/m1/s1. The second kappa shape index (κ2) is 8.46. The van der Waals surface area contributed by atoms with Crippen LogP contribution < -0.4 is 5.32 Å². The second-order valence-electron chi connectivity index (χ2n) is 6.34. The minimum atomic E-state index is -0.492. The Morgan fingerprint density at radius 2 is 2.14 bits per heavy atom. The minimum Gasteiger partial charge on any atom is -0.444 e. The molecule has 0 saturated heterocycles. The lowest BCUT2D eigenvalue weighted by Crippen LogP contribution is -2.35.